The zero-order valence-electron chi connectivity index (χ0n) is 15.4. The van der Waals surface area contributed by atoms with Gasteiger partial charge in [0.2, 0.25) is 11.8 Å². The number of likely N-dealkylation sites (tertiary alicyclic amines) is 1. The summed E-state index contributed by atoms with van der Waals surface area (Å²) in [6.45, 7) is 5.03. The highest BCUT2D eigenvalue weighted by atomic mass is 16.2. The van der Waals surface area contributed by atoms with E-state index in [1.54, 1.807) is 0 Å². The number of rotatable bonds is 5. The van der Waals surface area contributed by atoms with Crippen LogP contribution in [0.1, 0.15) is 41.8 Å². The number of hydrogen-bond acceptors (Lipinski definition) is 3. The van der Waals surface area contributed by atoms with Crippen molar-refractivity contribution in [1.29, 1.82) is 0 Å². The van der Waals surface area contributed by atoms with Crippen LogP contribution in [0.5, 0.6) is 0 Å². The van der Waals surface area contributed by atoms with Gasteiger partial charge >= 0.3 is 0 Å². The van der Waals surface area contributed by atoms with Gasteiger partial charge in [-0.15, -0.1) is 0 Å². The predicted octanol–water partition coefficient (Wildman–Crippen LogP) is 2.00. The summed E-state index contributed by atoms with van der Waals surface area (Å²) in [5.74, 6) is -0.184. The van der Waals surface area contributed by atoms with Gasteiger partial charge in [-0.3, -0.25) is 14.7 Å². The summed E-state index contributed by atoms with van der Waals surface area (Å²) in [4.78, 5) is 26.7. The minimum absolute atomic E-state index is 0.121. The van der Waals surface area contributed by atoms with Gasteiger partial charge in [0.05, 0.1) is 11.1 Å². The first-order valence-electron chi connectivity index (χ1n) is 9.08. The lowest BCUT2D eigenvalue weighted by Gasteiger charge is -2.40. The minimum Gasteiger partial charge on any atom is -0.369 e. The Morgan fingerprint density at radius 2 is 1.85 bits per heavy atom. The number of nitrogens with one attached hydrogen (secondary N) is 1. The number of hydrogen-bond donors (Lipinski definition) is 2. The zero-order valence-corrected chi connectivity index (χ0v) is 15.4. The summed E-state index contributed by atoms with van der Waals surface area (Å²) in [7, 11) is 0. The molecule has 2 amide bonds. The fourth-order valence-corrected chi connectivity index (χ4v) is 3.90. The first-order chi connectivity index (χ1) is 12.4. The second-order valence-electron chi connectivity index (χ2n) is 7.11. The van der Waals surface area contributed by atoms with Crippen molar-refractivity contribution in [2.75, 3.05) is 13.1 Å². The van der Waals surface area contributed by atoms with E-state index in [-0.39, 0.29) is 11.8 Å². The number of benzene rings is 1. The molecule has 1 fully saturated rings. The Bertz CT molecular complexity index is 770. The smallest absolute Gasteiger partial charge is 0.228 e. The van der Waals surface area contributed by atoms with Crippen LogP contribution in [0, 0.1) is 13.8 Å². The van der Waals surface area contributed by atoms with Gasteiger partial charge in [0.15, 0.2) is 0 Å². The van der Waals surface area contributed by atoms with E-state index in [4.69, 9.17) is 5.73 Å². The molecule has 0 saturated carbocycles. The lowest BCUT2D eigenvalue weighted by Crippen LogP contribution is -2.51. The SMILES string of the molecule is Cc1n[nH]c(C)c1CCC(=O)N1CCC(C(N)=O)(c2ccccc2)CC1. The molecule has 0 atom stereocenters. The molecule has 0 spiro atoms. The number of amides is 2. The highest BCUT2D eigenvalue weighted by Crippen LogP contribution is 2.35. The van der Waals surface area contributed by atoms with E-state index < -0.39 is 5.41 Å². The van der Waals surface area contributed by atoms with Crippen LogP contribution in [0.15, 0.2) is 30.3 Å². The molecule has 1 aromatic carbocycles. The Kier molecular flexibility index (Phi) is 5.11. The molecule has 3 N–H and O–H groups in total. The number of aromatic nitrogens is 2. The molecule has 26 heavy (non-hydrogen) atoms. The predicted molar refractivity (Wildman–Crippen MR) is 99.5 cm³/mol. The van der Waals surface area contributed by atoms with E-state index in [0.717, 1.165) is 22.5 Å². The molecule has 138 valence electrons. The average molecular weight is 354 g/mol. The molecule has 6 nitrogen and oxygen atoms in total. The summed E-state index contributed by atoms with van der Waals surface area (Å²) in [5.41, 5.74) is 9.12. The van der Waals surface area contributed by atoms with Crippen LogP contribution in [0.25, 0.3) is 0 Å². The summed E-state index contributed by atoms with van der Waals surface area (Å²) >= 11 is 0. The first kappa shape index (κ1) is 18.2. The number of nitrogens with zero attached hydrogens (tertiary/aromatic N) is 2. The Labute approximate surface area is 153 Å². The number of carbonyl (C=O) groups is 2. The fourth-order valence-electron chi connectivity index (χ4n) is 3.90. The van der Waals surface area contributed by atoms with Gasteiger partial charge in [-0.05, 0) is 44.2 Å². The van der Waals surface area contributed by atoms with Gasteiger partial charge < -0.3 is 10.6 Å². The van der Waals surface area contributed by atoms with Crippen LogP contribution in [-0.4, -0.2) is 40.0 Å². The second kappa shape index (κ2) is 7.32. The summed E-state index contributed by atoms with van der Waals surface area (Å²) < 4.78 is 0. The van der Waals surface area contributed by atoms with Gasteiger partial charge in [-0.1, -0.05) is 30.3 Å². The van der Waals surface area contributed by atoms with E-state index in [1.807, 2.05) is 49.1 Å². The maximum atomic E-state index is 12.6. The Morgan fingerprint density at radius 1 is 1.19 bits per heavy atom. The molecule has 0 bridgehead atoms. The maximum Gasteiger partial charge on any atom is 0.228 e. The molecule has 2 aromatic rings. The van der Waals surface area contributed by atoms with Crippen molar-refractivity contribution >= 4 is 11.8 Å². The number of piperidine rings is 1. The van der Waals surface area contributed by atoms with Crippen molar-refractivity contribution < 1.29 is 9.59 Å². The van der Waals surface area contributed by atoms with Crippen LogP contribution in [0.2, 0.25) is 0 Å². The Balaban J connectivity index is 1.63. The lowest BCUT2D eigenvalue weighted by molar-refractivity contribution is -0.135. The third-order valence-corrected chi connectivity index (χ3v) is 5.64. The van der Waals surface area contributed by atoms with Crippen LogP contribution in [0.3, 0.4) is 0 Å². The van der Waals surface area contributed by atoms with Crippen LogP contribution >= 0.6 is 0 Å². The number of primary amides is 1. The first-order valence-corrected chi connectivity index (χ1v) is 9.08. The molecule has 1 saturated heterocycles. The molecule has 0 aliphatic carbocycles. The average Bonchev–Trinajstić information content (AvgIpc) is 2.98. The Hall–Kier alpha value is -2.63. The second-order valence-corrected chi connectivity index (χ2v) is 7.11. The highest BCUT2D eigenvalue weighted by Gasteiger charge is 2.42. The molecule has 1 aliphatic heterocycles. The number of H-pyrrole nitrogens is 1. The van der Waals surface area contributed by atoms with Crippen LogP contribution < -0.4 is 5.73 Å². The molecule has 6 heteroatoms. The molecule has 1 aromatic heterocycles. The third-order valence-electron chi connectivity index (χ3n) is 5.64. The minimum atomic E-state index is -0.671. The van der Waals surface area contributed by atoms with Crippen LogP contribution in [0.4, 0.5) is 0 Å². The molecular weight excluding hydrogens is 328 g/mol. The van der Waals surface area contributed by atoms with Crippen molar-refractivity contribution in [2.45, 2.75) is 44.9 Å². The number of carbonyl (C=O) groups excluding carboxylic acids is 2. The van der Waals surface area contributed by atoms with Gasteiger partial charge in [-0.25, -0.2) is 0 Å². The summed E-state index contributed by atoms with van der Waals surface area (Å²) in [6.07, 6.45) is 2.28. The number of aryl methyl sites for hydroxylation is 2. The lowest BCUT2D eigenvalue weighted by atomic mass is 9.72. The van der Waals surface area contributed by atoms with Crippen molar-refractivity contribution in [1.82, 2.24) is 15.1 Å². The number of aromatic amines is 1. The van der Waals surface area contributed by atoms with Gasteiger partial charge in [0.25, 0.3) is 0 Å². The molecule has 0 unspecified atom stereocenters. The van der Waals surface area contributed by atoms with E-state index in [0.29, 0.717) is 38.8 Å². The van der Waals surface area contributed by atoms with Crippen molar-refractivity contribution in [3.05, 3.63) is 52.8 Å². The number of nitrogens with two attached hydrogens (primary N) is 1. The standard InChI is InChI=1S/C20H26N4O2/c1-14-17(15(2)23-22-14)8-9-18(25)24-12-10-20(11-13-24,19(21)26)16-6-4-3-5-7-16/h3-7H,8-13H2,1-2H3,(H2,21,26)(H,22,23). The van der Waals surface area contributed by atoms with Crippen molar-refractivity contribution in [3.63, 3.8) is 0 Å². The Morgan fingerprint density at radius 3 is 2.38 bits per heavy atom. The highest BCUT2D eigenvalue weighted by molar-refractivity contribution is 5.87. The van der Waals surface area contributed by atoms with Gasteiger partial charge in [0, 0.05) is 25.2 Å². The normalized spacial score (nSPS) is 16.5. The van der Waals surface area contributed by atoms with Gasteiger partial charge in [0.1, 0.15) is 0 Å². The largest absolute Gasteiger partial charge is 0.369 e. The fraction of sp³-hybridized carbons (Fsp3) is 0.450. The van der Waals surface area contributed by atoms with E-state index in [9.17, 15) is 9.59 Å². The van der Waals surface area contributed by atoms with Crippen molar-refractivity contribution in [2.24, 2.45) is 5.73 Å². The van der Waals surface area contributed by atoms with Gasteiger partial charge in [-0.2, -0.15) is 5.10 Å². The van der Waals surface area contributed by atoms with E-state index in [2.05, 4.69) is 10.2 Å². The topological polar surface area (TPSA) is 92.1 Å². The third kappa shape index (κ3) is 3.36. The quantitative estimate of drug-likeness (QED) is 0.860. The van der Waals surface area contributed by atoms with E-state index >= 15 is 0 Å². The van der Waals surface area contributed by atoms with Crippen LogP contribution in [-0.2, 0) is 21.4 Å². The summed E-state index contributed by atoms with van der Waals surface area (Å²) in [5, 5.41) is 7.13. The molecule has 1 aliphatic rings. The summed E-state index contributed by atoms with van der Waals surface area (Å²) in [6, 6.07) is 9.68. The molecule has 0 radical (unpaired) electrons. The van der Waals surface area contributed by atoms with Crippen molar-refractivity contribution in [3.8, 4) is 0 Å². The maximum absolute atomic E-state index is 12.6. The monoisotopic (exact) mass is 354 g/mol. The molecular formula is C20H26N4O2. The molecule has 2 heterocycles. The van der Waals surface area contributed by atoms with E-state index in [1.165, 1.54) is 0 Å². The molecule has 3 rings (SSSR count). The zero-order chi connectivity index (χ0) is 18.7.